The first-order valence-electron chi connectivity index (χ1n) is 12.7. The monoisotopic (exact) mass is 434 g/mol. The fourth-order valence-electron chi connectivity index (χ4n) is 6.12. The van der Waals surface area contributed by atoms with Crippen LogP contribution in [-0.2, 0) is 9.47 Å². The van der Waals surface area contributed by atoms with Crippen LogP contribution in [0.5, 0.6) is 0 Å². The first-order chi connectivity index (χ1) is 15.2. The van der Waals surface area contributed by atoms with Gasteiger partial charge in [-0.15, -0.1) is 0 Å². The normalized spacial score (nSPS) is 39.9. The molecule has 0 amide bonds. The summed E-state index contributed by atoms with van der Waals surface area (Å²) in [4.78, 5) is 0. The van der Waals surface area contributed by atoms with E-state index in [1.54, 1.807) is 0 Å². The number of hydrogen-bond acceptors (Lipinski definition) is 2. The van der Waals surface area contributed by atoms with E-state index in [4.69, 9.17) is 9.47 Å². The highest BCUT2D eigenvalue weighted by Gasteiger charge is 2.35. The largest absolute Gasteiger partial charge is 0.352 e. The minimum Gasteiger partial charge on any atom is -0.352 e. The number of allylic oxidation sites excluding steroid dienone is 5. The van der Waals surface area contributed by atoms with Crippen LogP contribution in [0.25, 0.3) is 0 Å². The van der Waals surface area contributed by atoms with Crippen molar-refractivity contribution in [3.63, 3.8) is 0 Å². The lowest BCUT2D eigenvalue weighted by atomic mass is 9.71. The molecule has 0 aromatic heterocycles. The zero-order valence-corrected chi connectivity index (χ0v) is 19.1. The van der Waals surface area contributed by atoms with Crippen molar-refractivity contribution in [2.75, 3.05) is 19.9 Å². The molecule has 1 atom stereocenters. The number of rotatable bonds is 6. The van der Waals surface area contributed by atoms with Crippen molar-refractivity contribution in [3.8, 4) is 0 Å². The summed E-state index contributed by atoms with van der Waals surface area (Å²) in [5.41, 5.74) is 0.915. The Morgan fingerprint density at radius 2 is 1.65 bits per heavy atom. The summed E-state index contributed by atoms with van der Waals surface area (Å²) in [6, 6.07) is 0. The van der Waals surface area contributed by atoms with E-state index in [0.29, 0.717) is 29.6 Å². The Hall–Kier alpha value is -1.00. The van der Waals surface area contributed by atoms with Crippen LogP contribution in [0.15, 0.2) is 35.7 Å². The maximum Gasteiger partial charge on any atom is 0.160 e. The van der Waals surface area contributed by atoms with Gasteiger partial charge in [-0.2, -0.15) is 0 Å². The van der Waals surface area contributed by atoms with Crippen LogP contribution in [0.3, 0.4) is 0 Å². The van der Waals surface area contributed by atoms with Crippen molar-refractivity contribution >= 4 is 0 Å². The topological polar surface area (TPSA) is 18.5 Å². The number of hydrogen-bond donors (Lipinski definition) is 0. The molecule has 1 saturated heterocycles. The molecule has 4 rings (SSSR count). The molecule has 2 nitrogen and oxygen atoms in total. The van der Waals surface area contributed by atoms with Crippen LogP contribution < -0.4 is 0 Å². The van der Waals surface area contributed by atoms with Gasteiger partial charge in [-0.05, 0) is 99.5 Å². The second kappa shape index (κ2) is 11.2. The summed E-state index contributed by atoms with van der Waals surface area (Å²) in [6.45, 7) is 3.45. The lowest BCUT2D eigenvalue weighted by molar-refractivity contribution is -0.223. The molecule has 3 aliphatic carbocycles. The van der Waals surface area contributed by atoms with Crippen LogP contribution in [0, 0.1) is 35.5 Å². The highest BCUT2D eigenvalue weighted by molar-refractivity contribution is 5.32. The van der Waals surface area contributed by atoms with E-state index in [-0.39, 0.29) is 24.7 Å². The molecule has 4 aliphatic rings. The quantitative estimate of drug-likeness (QED) is 0.408. The van der Waals surface area contributed by atoms with Crippen LogP contribution >= 0.6 is 0 Å². The Morgan fingerprint density at radius 3 is 2.26 bits per heavy atom. The lowest BCUT2D eigenvalue weighted by Crippen LogP contribution is -2.38. The van der Waals surface area contributed by atoms with E-state index >= 15 is 0 Å². The molecule has 0 radical (unpaired) electrons. The first kappa shape index (κ1) is 23.2. The molecule has 0 spiro atoms. The van der Waals surface area contributed by atoms with Gasteiger partial charge in [0, 0.05) is 11.8 Å². The number of halogens is 2. The minimum absolute atomic E-state index is 0.00666. The Kier molecular flexibility index (Phi) is 8.39. The molecule has 0 N–H and O–H groups in total. The number of alkyl halides is 1. The van der Waals surface area contributed by atoms with E-state index in [0.717, 1.165) is 83.0 Å². The zero-order valence-electron chi connectivity index (χ0n) is 19.1. The van der Waals surface area contributed by atoms with Crippen molar-refractivity contribution in [3.05, 3.63) is 35.7 Å². The molecular weight excluding hydrogens is 394 g/mol. The highest BCUT2D eigenvalue weighted by Crippen LogP contribution is 2.44. The molecule has 4 heteroatoms. The second-order valence-electron chi connectivity index (χ2n) is 10.3. The molecule has 1 aliphatic heterocycles. The summed E-state index contributed by atoms with van der Waals surface area (Å²) in [6.07, 6.45) is 18.6. The average molecular weight is 435 g/mol. The van der Waals surface area contributed by atoms with Gasteiger partial charge in [0.15, 0.2) is 6.29 Å². The highest BCUT2D eigenvalue weighted by atomic mass is 19.1. The van der Waals surface area contributed by atoms with E-state index in [1.165, 1.54) is 0 Å². The fourth-order valence-corrected chi connectivity index (χ4v) is 6.12. The van der Waals surface area contributed by atoms with Gasteiger partial charge in [0.1, 0.15) is 5.83 Å². The van der Waals surface area contributed by atoms with Gasteiger partial charge in [0.2, 0.25) is 0 Å². The average Bonchev–Trinajstić information content (AvgIpc) is 2.83. The molecule has 0 bridgehead atoms. The van der Waals surface area contributed by atoms with E-state index in [2.05, 4.69) is 25.2 Å². The first-order valence-corrected chi connectivity index (χ1v) is 12.7. The molecule has 3 fully saturated rings. The van der Waals surface area contributed by atoms with Gasteiger partial charge in [-0.25, -0.2) is 4.39 Å². The number of ether oxygens (including phenoxy) is 2. The molecule has 0 aromatic carbocycles. The Bertz CT molecular complexity index is 646. The second-order valence-corrected chi connectivity index (χ2v) is 10.3. The van der Waals surface area contributed by atoms with Crippen LogP contribution in [0.4, 0.5) is 8.78 Å². The fraction of sp³-hybridized carbons (Fsp3) is 0.778. The summed E-state index contributed by atoms with van der Waals surface area (Å²) >= 11 is 0. The Morgan fingerprint density at radius 1 is 0.968 bits per heavy atom. The smallest absolute Gasteiger partial charge is 0.160 e. The summed E-state index contributed by atoms with van der Waals surface area (Å²) in [7, 11) is 0. The SMILES string of the molecule is CC/C=C/C1COC(C2CCC(C3C=C(F)C(C4CCC(CF)CC4)=CC3)CC2)OC1. The van der Waals surface area contributed by atoms with Crippen molar-refractivity contribution in [1.29, 1.82) is 0 Å². The van der Waals surface area contributed by atoms with Crippen LogP contribution in [0.2, 0.25) is 0 Å². The summed E-state index contributed by atoms with van der Waals surface area (Å²) in [5.74, 6) is 2.25. The van der Waals surface area contributed by atoms with Crippen LogP contribution in [0.1, 0.15) is 71.1 Å². The molecule has 31 heavy (non-hydrogen) atoms. The molecule has 174 valence electrons. The van der Waals surface area contributed by atoms with E-state index < -0.39 is 0 Å². The molecule has 1 heterocycles. The van der Waals surface area contributed by atoms with Gasteiger partial charge in [0.25, 0.3) is 0 Å². The molecule has 0 aromatic rings. The maximum atomic E-state index is 15.0. The zero-order chi connectivity index (χ0) is 21.6. The lowest BCUT2D eigenvalue weighted by Gasteiger charge is -2.39. The molecular formula is C27H40F2O2. The van der Waals surface area contributed by atoms with Crippen LogP contribution in [-0.4, -0.2) is 26.2 Å². The summed E-state index contributed by atoms with van der Waals surface area (Å²) in [5, 5.41) is 0. The van der Waals surface area contributed by atoms with Gasteiger partial charge in [0.05, 0.1) is 19.9 Å². The molecule has 1 unspecified atom stereocenters. The summed E-state index contributed by atoms with van der Waals surface area (Å²) < 4.78 is 39.9. The maximum absolute atomic E-state index is 15.0. The standard InChI is InChI=1S/C27H40F2O2/c1-2-3-4-20-17-30-27(31-18-20)23-11-9-21(10-12-23)24-13-14-25(26(29)15-24)22-7-5-19(16-28)6-8-22/h3-4,14-15,19-24,27H,2,5-13,16-18H2,1H3/b4-3+. The predicted molar refractivity (Wildman–Crippen MR) is 121 cm³/mol. The third-order valence-electron chi connectivity index (χ3n) is 8.15. The third-order valence-corrected chi connectivity index (χ3v) is 8.15. The minimum atomic E-state index is -0.220. The van der Waals surface area contributed by atoms with Gasteiger partial charge in [-0.1, -0.05) is 25.2 Å². The van der Waals surface area contributed by atoms with Gasteiger partial charge in [-0.3, -0.25) is 4.39 Å². The molecule has 2 saturated carbocycles. The predicted octanol–water partition coefficient (Wildman–Crippen LogP) is 7.32. The van der Waals surface area contributed by atoms with Crippen molar-refractivity contribution in [1.82, 2.24) is 0 Å². The van der Waals surface area contributed by atoms with Crippen molar-refractivity contribution in [2.45, 2.75) is 77.4 Å². The van der Waals surface area contributed by atoms with Crippen molar-refractivity contribution < 1.29 is 18.3 Å². The van der Waals surface area contributed by atoms with E-state index in [1.807, 2.05) is 6.08 Å². The van der Waals surface area contributed by atoms with Crippen molar-refractivity contribution in [2.24, 2.45) is 35.5 Å². The Balaban J connectivity index is 1.22. The van der Waals surface area contributed by atoms with Gasteiger partial charge < -0.3 is 9.47 Å². The third kappa shape index (κ3) is 5.87. The van der Waals surface area contributed by atoms with Gasteiger partial charge >= 0.3 is 0 Å². The van der Waals surface area contributed by atoms with E-state index in [9.17, 15) is 8.78 Å². The Labute approximate surface area is 187 Å².